The SMILES string of the molecule is CC(C)(CNC(=O)COc1ccccc1)NCC(=O)c1ccc(OCc2ccccc2)c(OCc2ccccc2)c1Cl. The molecule has 4 rings (SSSR count). The van der Waals surface area contributed by atoms with Gasteiger partial charge >= 0.3 is 0 Å². The van der Waals surface area contributed by atoms with Crippen molar-refractivity contribution in [2.45, 2.75) is 32.6 Å². The van der Waals surface area contributed by atoms with Gasteiger partial charge in [-0.25, -0.2) is 0 Å². The summed E-state index contributed by atoms with van der Waals surface area (Å²) in [7, 11) is 0. The van der Waals surface area contributed by atoms with Crippen molar-refractivity contribution in [3.8, 4) is 17.2 Å². The Balaban J connectivity index is 1.38. The number of carbonyl (C=O) groups is 2. The second-order valence-corrected chi connectivity index (χ2v) is 10.7. The highest BCUT2D eigenvalue weighted by molar-refractivity contribution is 6.35. The molecule has 0 spiro atoms. The second-order valence-electron chi connectivity index (χ2n) is 10.3. The fourth-order valence-corrected chi connectivity index (χ4v) is 4.30. The molecule has 2 N–H and O–H groups in total. The fraction of sp³-hybridized carbons (Fsp3) is 0.235. The molecule has 218 valence electrons. The number of rotatable bonds is 15. The van der Waals surface area contributed by atoms with Crippen LogP contribution in [0.15, 0.2) is 103 Å². The lowest BCUT2D eigenvalue weighted by Crippen LogP contribution is -2.51. The molecule has 42 heavy (non-hydrogen) atoms. The molecule has 1 amide bonds. The lowest BCUT2D eigenvalue weighted by Gasteiger charge is -2.26. The molecule has 0 aromatic heterocycles. The topological polar surface area (TPSA) is 85.9 Å². The molecule has 0 bridgehead atoms. The normalized spacial score (nSPS) is 11.0. The van der Waals surface area contributed by atoms with Gasteiger partial charge < -0.3 is 24.8 Å². The minimum Gasteiger partial charge on any atom is -0.485 e. The summed E-state index contributed by atoms with van der Waals surface area (Å²) < 4.78 is 17.7. The van der Waals surface area contributed by atoms with Crippen LogP contribution in [0.1, 0.15) is 35.3 Å². The van der Waals surface area contributed by atoms with Gasteiger partial charge in [-0.1, -0.05) is 90.5 Å². The van der Waals surface area contributed by atoms with Crippen LogP contribution in [0.25, 0.3) is 0 Å². The zero-order valence-corrected chi connectivity index (χ0v) is 24.5. The number of halogens is 1. The first kappa shape index (κ1) is 30.6. The van der Waals surface area contributed by atoms with E-state index in [1.807, 2.05) is 92.7 Å². The fourth-order valence-electron chi connectivity index (χ4n) is 3.98. The van der Waals surface area contributed by atoms with Crippen molar-refractivity contribution in [2.75, 3.05) is 19.7 Å². The van der Waals surface area contributed by atoms with E-state index in [2.05, 4.69) is 10.6 Å². The molecule has 0 heterocycles. The van der Waals surface area contributed by atoms with Gasteiger partial charge in [-0.2, -0.15) is 0 Å². The van der Waals surface area contributed by atoms with Crippen LogP contribution in [-0.2, 0) is 18.0 Å². The number of amides is 1. The zero-order chi connectivity index (χ0) is 29.8. The van der Waals surface area contributed by atoms with Crippen LogP contribution in [0.5, 0.6) is 17.2 Å². The Morgan fingerprint density at radius 1 is 0.738 bits per heavy atom. The number of ketones is 1. The zero-order valence-electron chi connectivity index (χ0n) is 23.8. The van der Waals surface area contributed by atoms with Gasteiger partial charge in [0.1, 0.15) is 19.0 Å². The average Bonchev–Trinajstić information content (AvgIpc) is 3.02. The van der Waals surface area contributed by atoms with E-state index in [-0.39, 0.29) is 36.5 Å². The highest BCUT2D eigenvalue weighted by Gasteiger charge is 2.23. The molecule has 0 aliphatic heterocycles. The maximum atomic E-state index is 13.3. The molecule has 4 aromatic carbocycles. The molecular formula is C34H35ClN2O5. The van der Waals surface area contributed by atoms with Crippen molar-refractivity contribution >= 4 is 23.3 Å². The quantitative estimate of drug-likeness (QED) is 0.160. The third kappa shape index (κ3) is 9.36. The summed E-state index contributed by atoms with van der Waals surface area (Å²) in [5.41, 5.74) is 1.69. The minimum absolute atomic E-state index is 0.00541. The summed E-state index contributed by atoms with van der Waals surface area (Å²) in [4.78, 5) is 25.5. The van der Waals surface area contributed by atoms with Gasteiger partial charge in [0, 0.05) is 17.6 Å². The van der Waals surface area contributed by atoms with Crippen molar-refractivity contribution < 1.29 is 23.8 Å². The highest BCUT2D eigenvalue weighted by atomic mass is 35.5. The minimum atomic E-state index is -0.573. The Morgan fingerprint density at radius 3 is 1.93 bits per heavy atom. The second kappa shape index (κ2) is 15.1. The van der Waals surface area contributed by atoms with E-state index in [9.17, 15) is 9.59 Å². The van der Waals surface area contributed by atoms with Gasteiger partial charge in [0.25, 0.3) is 5.91 Å². The monoisotopic (exact) mass is 586 g/mol. The van der Waals surface area contributed by atoms with Crippen LogP contribution >= 0.6 is 11.6 Å². The molecule has 0 atom stereocenters. The van der Waals surface area contributed by atoms with E-state index < -0.39 is 5.54 Å². The molecule has 0 unspecified atom stereocenters. The molecule has 0 radical (unpaired) electrons. The molecule has 7 nitrogen and oxygen atoms in total. The van der Waals surface area contributed by atoms with Crippen molar-refractivity contribution in [3.05, 3.63) is 125 Å². The number of hydrogen-bond donors (Lipinski definition) is 2. The Hall–Kier alpha value is -4.33. The smallest absolute Gasteiger partial charge is 0.258 e. The van der Waals surface area contributed by atoms with E-state index in [4.69, 9.17) is 25.8 Å². The van der Waals surface area contributed by atoms with Crippen LogP contribution < -0.4 is 24.8 Å². The first-order chi connectivity index (χ1) is 20.3. The number of carbonyl (C=O) groups excluding carboxylic acids is 2. The van der Waals surface area contributed by atoms with Gasteiger partial charge in [-0.05, 0) is 49.2 Å². The highest BCUT2D eigenvalue weighted by Crippen LogP contribution is 2.39. The molecular weight excluding hydrogens is 552 g/mol. The standard InChI is InChI=1S/C34H35ClN2O5/c1-34(2,24-36-31(39)23-40-27-16-10-5-11-17-27)37-20-29(38)28-18-19-30(41-21-25-12-6-3-7-13-25)33(32(28)35)42-22-26-14-8-4-9-15-26/h3-19,37H,20-24H2,1-2H3,(H,36,39). The first-order valence-electron chi connectivity index (χ1n) is 13.7. The van der Waals surface area contributed by atoms with E-state index in [1.165, 1.54) is 0 Å². The summed E-state index contributed by atoms with van der Waals surface area (Å²) >= 11 is 6.77. The molecule has 0 fully saturated rings. The first-order valence-corrected chi connectivity index (χ1v) is 14.1. The molecule has 0 aliphatic carbocycles. The van der Waals surface area contributed by atoms with Crippen LogP contribution in [0.2, 0.25) is 5.02 Å². The van der Waals surface area contributed by atoms with Gasteiger partial charge in [0.05, 0.1) is 11.6 Å². The molecule has 4 aromatic rings. The van der Waals surface area contributed by atoms with E-state index in [0.717, 1.165) is 11.1 Å². The number of Topliss-reactive ketones (excluding diaryl/α,β-unsaturated/α-hetero) is 1. The summed E-state index contributed by atoms with van der Waals surface area (Å²) in [6.07, 6.45) is 0. The lowest BCUT2D eigenvalue weighted by molar-refractivity contribution is -0.123. The molecule has 0 saturated carbocycles. The van der Waals surface area contributed by atoms with Gasteiger partial charge in [0.2, 0.25) is 0 Å². The van der Waals surface area contributed by atoms with Crippen LogP contribution in [0, 0.1) is 0 Å². The van der Waals surface area contributed by atoms with Crippen molar-refractivity contribution in [1.82, 2.24) is 10.6 Å². The Bertz CT molecular complexity index is 1450. The molecule has 0 aliphatic rings. The van der Waals surface area contributed by atoms with Crippen molar-refractivity contribution in [2.24, 2.45) is 0 Å². The number of ether oxygens (including phenoxy) is 3. The largest absolute Gasteiger partial charge is 0.485 e. The average molecular weight is 587 g/mol. The van der Waals surface area contributed by atoms with Crippen LogP contribution in [0.4, 0.5) is 0 Å². The van der Waals surface area contributed by atoms with Crippen molar-refractivity contribution in [1.29, 1.82) is 0 Å². The third-order valence-corrected chi connectivity index (χ3v) is 6.77. The van der Waals surface area contributed by atoms with E-state index in [0.29, 0.717) is 36.0 Å². The van der Waals surface area contributed by atoms with Crippen LogP contribution in [0.3, 0.4) is 0 Å². The maximum absolute atomic E-state index is 13.3. The Morgan fingerprint density at radius 2 is 1.31 bits per heavy atom. The summed E-state index contributed by atoms with van der Waals surface area (Å²) in [5.74, 6) is 0.911. The third-order valence-electron chi connectivity index (χ3n) is 6.39. The predicted octanol–water partition coefficient (Wildman–Crippen LogP) is 6.24. The summed E-state index contributed by atoms with van der Waals surface area (Å²) in [5, 5.41) is 6.25. The number of para-hydroxylation sites is 1. The number of benzene rings is 4. The van der Waals surface area contributed by atoms with Crippen molar-refractivity contribution in [3.63, 3.8) is 0 Å². The molecule has 8 heteroatoms. The van der Waals surface area contributed by atoms with Crippen LogP contribution in [-0.4, -0.2) is 36.9 Å². The van der Waals surface area contributed by atoms with E-state index in [1.54, 1.807) is 24.3 Å². The van der Waals surface area contributed by atoms with E-state index >= 15 is 0 Å². The maximum Gasteiger partial charge on any atom is 0.258 e. The molecule has 0 saturated heterocycles. The summed E-state index contributed by atoms with van der Waals surface area (Å²) in [6, 6.07) is 32.0. The van der Waals surface area contributed by atoms with Gasteiger partial charge in [-0.3, -0.25) is 9.59 Å². The van der Waals surface area contributed by atoms with Gasteiger partial charge in [0.15, 0.2) is 23.9 Å². The predicted molar refractivity (Wildman–Crippen MR) is 164 cm³/mol. The van der Waals surface area contributed by atoms with Gasteiger partial charge in [-0.15, -0.1) is 0 Å². The number of hydrogen-bond acceptors (Lipinski definition) is 6. The Labute approximate surface area is 251 Å². The number of nitrogens with one attached hydrogen (secondary N) is 2. The summed E-state index contributed by atoms with van der Waals surface area (Å²) in [6.45, 7) is 4.58. The Kier molecular flexibility index (Phi) is 11.0. The lowest BCUT2D eigenvalue weighted by atomic mass is 10.0.